The quantitative estimate of drug-likeness (QED) is 0.741. The molecule has 0 unspecified atom stereocenters. The van der Waals surface area contributed by atoms with Gasteiger partial charge in [0.05, 0.1) is 3.79 Å². The van der Waals surface area contributed by atoms with Crippen molar-refractivity contribution >= 4 is 39.2 Å². The van der Waals surface area contributed by atoms with Gasteiger partial charge in [0.1, 0.15) is 0 Å². The number of hydrogen-bond acceptors (Lipinski definition) is 4. The highest BCUT2D eigenvalue weighted by atomic mass is 79.9. The van der Waals surface area contributed by atoms with E-state index in [1.165, 1.54) is 10.4 Å². The fraction of sp³-hybridized carbons (Fsp3) is 0.385. The Morgan fingerprint density at radius 2 is 1.96 bits per heavy atom. The van der Waals surface area contributed by atoms with E-state index in [9.17, 15) is 18.0 Å². The first-order chi connectivity index (χ1) is 10.5. The van der Waals surface area contributed by atoms with Gasteiger partial charge in [0.25, 0.3) is 0 Å². The lowest BCUT2D eigenvalue weighted by Gasteiger charge is -2.26. The number of carboxylic acids is 2. The molecule has 0 atom stereocenters. The largest absolute Gasteiger partial charge is 0.490 e. The molecule has 128 valence electrons. The van der Waals surface area contributed by atoms with Crippen LogP contribution in [0.25, 0.3) is 0 Å². The highest BCUT2D eigenvalue weighted by Gasteiger charge is 2.38. The predicted octanol–water partition coefficient (Wildman–Crippen LogP) is 3.14. The Kier molecular flexibility index (Phi) is 6.78. The second-order valence-corrected chi connectivity index (χ2v) is 7.19. The Hall–Kier alpha value is -1.39. The lowest BCUT2D eigenvalue weighted by atomic mass is 10.1. The van der Waals surface area contributed by atoms with Crippen LogP contribution in [0.5, 0.6) is 0 Å². The molecule has 2 heterocycles. The summed E-state index contributed by atoms with van der Waals surface area (Å²) in [6, 6.07) is 2.12. The van der Waals surface area contributed by atoms with Crippen molar-refractivity contribution in [3.8, 4) is 0 Å². The molecule has 0 amide bonds. The molecule has 1 aromatic rings. The number of carbonyl (C=O) groups is 2. The summed E-state index contributed by atoms with van der Waals surface area (Å²) in [6.07, 6.45) is -4.08. The first kappa shape index (κ1) is 19.7. The number of halogens is 4. The van der Waals surface area contributed by atoms with E-state index >= 15 is 0 Å². The summed E-state index contributed by atoms with van der Waals surface area (Å²) in [6.45, 7) is 5.74. The van der Waals surface area contributed by atoms with Crippen molar-refractivity contribution in [2.45, 2.75) is 19.1 Å². The summed E-state index contributed by atoms with van der Waals surface area (Å²) < 4.78 is 32.9. The van der Waals surface area contributed by atoms with Gasteiger partial charge in [-0.25, -0.2) is 9.59 Å². The first-order valence-corrected chi connectivity index (χ1v) is 7.82. The zero-order chi connectivity index (χ0) is 17.8. The molecule has 10 heteroatoms. The van der Waals surface area contributed by atoms with E-state index in [0.29, 0.717) is 6.54 Å². The molecule has 1 aliphatic heterocycles. The molecule has 0 bridgehead atoms. The van der Waals surface area contributed by atoms with Crippen LogP contribution in [-0.2, 0) is 22.6 Å². The first-order valence-electron chi connectivity index (χ1n) is 6.21. The Balaban J connectivity index is 0.000000322. The predicted molar refractivity (Wildman–Crippen MR) is 81.5 cm³/mol. The van der Waals surface area contributed by atoms with E-state index in [2.05, 4.69) is 33.5 Å². The van der Waals surface area contributed by atoms with Crippen molar-refractivity contribution in [1.29, 1.82) is 0 Å². The number of fused-ring (bicyclic) bond motifs is 1. The molecule has 0 radical (unpaired) electrons. The molecule has 0 fully saturated rings. The highest BCUT2D eigenvalue weighted by molar-refractivity contribution is 9.11. The van der Waals surface area contributed by atoms with Gasteiger partial charge in [-0.3, -0.25) is 4.90 Å². The molecule has 0 aliphatic carbocycles. The minimum absolute atomic E-state index is 0.262. The van der Waals surface area contributed by atoms with Gasteiger partial charge in [0, 0.05) is 30.1 Å². The van der Waals surface area contributed by atoms with E-state index in [1.807, 2.05) is 0 Å². The van der Waals surface area contributed by atoms with Crippen LogP contribution in [-0.4, -0.2) is 46.3 Å². The van der Waals surface area contributed by atoms with E-state index in [1.54, 1.807) is 11.3 Å². The van der Waals surface area contributed by atoms with Gasteiger partial charge in [0.15, 0.2) is 0 Å². The van der Waals surface area contributed by atoms with Gasteiger partial charge in [-0.1, -0.05) is 6.58 Å². The van der Waals surface area contributed by atoms with Crippen molar-refractivity contribution in [3.05, 3.63) is 32.4 Å². The van der Waals surface area contributed by atoms with Crippen LogP contribution >= 0.6 is 27.3 Å². The van der Waals surface area contributed by atoms with Crippen LogP contribution in [0, 0.1) is 0 Å². The zero-order valence-electron chi connectivity index (χ0n) is 11.7. The number of carboxylic acid groups (broad SMARTS) is 2. The summed E-state index contributed by atoms with van der Waals surface area (Å²) in [5, 5.41) is 15.9. The Labute approximate surface area is 142 Å². The maximum atomic E-state index is 10.7. The van der Waals surface area contributed by atoms with Gasteiger partial charge >= 0.3 is 18.1 Å². The van der Waals surface area contributed by atoms with Crippen molar-refractivity contribution < 1.29 is 33.0 Å². The summed E-state index contributed by atoms with van der Waals surface area (Å²) in [5.41, 5.74) is 1.57. The number of alkyl halides is 3. The Bertz CT molecular complexity index is 615. The van der Waals surface area contributed by atoms with Gasteiger partial charge in [-0.15, -0.1) is 11.3 Å². The van der Waals surface area contributed by atoms with Gasteiger partial charge in [-0.05, 0) is 34.0 Å². The molecule has 2 N–H and O–H groups in total. The van der Waals surface area contributed by atoms with Gasteiger partial charge < -0.3 is 10.2 Å². The van der Waals surface area contributed by atoms with Crippen molar-refractivity contribution in [3.63, 3.8) is 0 Å². The van der Waals surface area contributed by atoms with Crippen molar-refractivity contribution in [1.82, 2.24) is 4.90 Å². The molecule has 1 aliphatic rings. The van der Waals surface area contributed by atoms with Crippen LogP contribution in [0.4, 0.5) is 13.2 Å². The minimum Gasteiger partial charge on any atom is -0.478 e. The number of thiophene rings is 1. The van der Waals surface area contributed by atoms with Gasteiger partial charge in [0.2, 0.25) is 0 Å². The van der Waals surface area contributed by atoms with Gasteiger partial charge in [-0.2, -0.15) is 13.2 Å². The highest BCUT2D eigenvalue weighted by Crippen LogP contribution is 2.31. The fourth-order valence-electron chi connectivity index (χ4n) is 1.83. The molecule has 23 heavy (non-hydrogen) atoms. The van der Waals surface area contributed by atoms with E-state index in [4.69, 9.17) is 15.0 Å². The average Bonchev–Trinajstić information content (AvgIpc) is 2.77. The number of nitrogens with zero attached hydrogens (tertiary/aromatic N) is 1. The van der Waals surface area contributed by atoms with E-state index < -0.39 is 18.1 Å². The third kappa shape index (κ3) is 6.32. The standard InChI is InChI=1S/C11H12BrNO2S.C2HF3O2/c1-7(11(14)15)5-13-3-2-9-8(6-13)4-10(12)16-9;3-2(4,5)1(6)7/h4H,1-3,5-6H2,(H,14,15);(H,6,7). The maximum absolute atomic E-state index is 10.7. The van der Waals surface area contributed by atoms with Crippen molar-refractivity contribution in [2.75, 3.05) is 13.1 Å². The van der Waals surface area contributed by atoms with Crippen LogP contribution in [0.1, 0.15) is 10.4 Å². The molecule has 2 rings (SSSR count). The molecular weight excluding hydrogens is 403 g/mol. The molecule has 1 aromatic heterocycles. The fourth-order valence-corrected chi connectivity index (χ4v) is 3.57. The average molecular weight is 416 g/mol. The zero-order valence-corrected chi connectivity index (χ0v) is 14.1. The molecule has 0 spiro atoms. The molecule has 0 aromatic carbocycles. The van der Waals surface area contributed by atoms with E-state index in [-0.39, 0.29) is 5.57 Å². The summed E-state index contributed by atoms with van der Waals surface area (Å²) >= 11 is 5.24. The number of rotatable bonds is 3. The van der Waals surface area contributed by atoms with Crippen LogP contribution in [0.2, 0.25) is 0 Å². The minimum atomic E-state index is -5.08. The summed E-state index contributed by atoms with van der Waals surface area (Å²) in [5.74, 6) is -3.66. The van der Waals surface area contributed by atoms with Crippen LogP contribution < -0.4 is 0 Å². The Morgan fingerprint density at radius 3 is 2.43 bits per heavy atom. The van der Waals surface area contributed by atoms with Crippen molar-refractivity contribution in [2.24, 2.45) is 0 Å². The lowest BCUT2D eigenvalue weighted by molar-refractivity contribution is -0.192. The smallest absolute Gasteiger partial charge is 0.478 e. The second kappa shape index (κ2) is 7.93. The van der Waals surface area contributed by atoms with Crippen LogP contribution in [0.15, 0.2) is 22.0 Å². The monoisotopic (exact) mass is 415 g/mol. The molecule has 5 nitrogen and oxygen atoms in total. The maximum Gasteiger partial charge on any atom is 0.490 e. The third-order valence-electron chi connectivity index (χ3n) is 2.88. The summed E-state index contributed by atoms with van der Waals surface area (Å²) in [7, 11) is 0. The molecule has 0 saturated heterocycles. The van der Waals surface area contributed by atoms with E-state index in [0.717, 1.165) is 23.3 Å². The van der Waals surface area contributed by atoms with Crippen LogP contribution in [0.3, 0.4) is 0 Å². The normalized spacial score (nSPS) is 14.4. The third-order valence-corrected chi connectivity index (χ3v) is 4.62. The second-order valence-electron chi connectivity index (χ2n) is 4.67. The Morgan fingerprint density at radius 1 is 1.39 bits per heavy atom. The molecule has 0 saturated carbocycles. The summed E-state index contributed by atoms with van der Waals surface area (Å²) in [4.78, 5) is 23.1. The lowest BCUT2D eigenvalue weighted by Crippen LogP contribution is -2.32. The number of aliphatic carboxylic acids is 2. The SMILES string of the molecule is C=C(CN1CCc2sc(Br)cc2C1)C(=O)O.O=C(O)C(F)(F)F. The topological polar surface area (TPSA) is 77.8 Å². The molecular formula is C13H13BrF3NO4S. The number of hydrogen-bond donors (Lipinski definition) is 2.